The van der Waals surface area contributed by atoms with Crippen molar-refractivity contribution in [2.24, 2.45) is 0 Å². The van der Waals surface area contributed by atoms with E-state index in [2.05, 4.69) is 11.1 Å². The number of hydrogen-bond donors (Lipinski definition) is 1. The van der Waals surface area contributed by atoms with Crippen molar-refractivity contribution in [1.82, 2.24) is 9.88 Å². The molecule has 16 heavy (non-hydrogen) atoms. The quantitative estimate of drug-likeness (QED) is 0.862. The molecule has 1 aromatic rings. The maximum Gasteiger partial charge on any atom is 0.317 e. The molecule has 1 aliphatic heterocycles. The van der Waals surface area contributed by atoms with Crippen LogP contribution in [0.15, 0.2) is 29.4 Å². The molecule has 0 radical (unpaired) electrons. The maximum atomic E-state index is 10.5. The summed E-state index contributed by atoms with van der Waals surface area (Å²) in [6.07, 6.45) is 5.59. The van der Waals surface area contributed by atoms with E-state index >= 15 is 0 Å². The molecule has 0 saturated carbocycles. The van der Waals surface area contributed by atoms with Crippen molar-refractivity contribution in [3.05, 3.63) is 35.0 Å². The average molecular weight is 236 g/mol. The summed E-state index contributed by atoms with van der Waals surface area (Å²) in [5, 5.41) is 8.67. The van der Waals surface area contributed by atoms with Crippen molar-refractivity contribution in [1.29, 1.82) is 0 Å². The molecular formula is C11H12N2O2S. The largest absolute Gasteiger partial charge is 0.480 e. The number of pyridine rings is 1. The molecule has 1 aromatic heterocycles. The summed E-state index contributed by atoms with van der Waals surface area (Å²) < 4.78 is 0. The first-order valence-electron chi connectivity index (χ1n) is 4.91. The first-order valence-corrected chi connectivity index (χ1v) is 5.90. The van der Waals surface area contributed by atoms with Crippen molar-refractivity contribution in [2.75, 3.05) is 19.0 Å². The number of thioether (sulfide) groups is 1. The minimum Gasteiger partial charge on any atom is -0.480 e. The van der Waals surface area contributed by atoms with Crippen LogP contribution in [0.5, 0.6) is 0 Å². The zero-order valence-electron chi connectivity index (χ0n) is 8.67. The number of aromatic nitrogens is 1. The van der Waals surface area contributed by atoms with Gasteiger partial charge in [0.25, 0.3) is 0 Å². The van der Waals surface area contributed by atoms with Crippen molar-refractivity contribution < 1.29 is 9.90 Å². The Bertz CT molecular complexity index is 406. The number of rotatable bonds is 3. The van der Waals surface area contributed by atoms with Crippen LogP contribution in [0.4, 0.5) is 0 Å². The van der Waals surface area contributed by atoms with E-state index < -0.39 is 5.97 Å². The van der Waals surface area contributed by atoms with E-state index in [1.165, 1.54) is 4.91 Å². The Labute approximate surface area is 98.0 Å². The minimum absolute atomic E-state index is 0.109. The summed E-state index contributed by atoms with van der Waals surface area (Å²) in [6, 6.07) is 3.88. The van der Waals surface area contributed by atoms with Crippen LogP contribution in [0.3, 0.4) is 0 Å². The summed E-state index contributed by atoms with van der Waals surface area (Å²) in [4.78, 5) is 17.7. The molecule has 0 aliphatic carbocycles. The molecule has 84 valence electrons. The maximum absolute atomic E-state index is 10.5. The standard InChI is InChI=1S/C11H12N2O2S/c14-11(15)7-13-6-10(16-8-13)4-9-2-1-3-12-5-9/h1-5H,6-8H2,(H,14,15). The average Bonchev–Trinajstić information content (AvgIpc) is 2.66. The molecule has 4 nitrogen and oxygen atoms in total. The molecule has 2 heterocycles. The fourth-order valence-corrected chi connectivity index (χ4v) is 2.54. The van der Waals surface area contributed by atoms with E-state index in [1.54, 1.807) is 24.2 Å². The van der Waals surface area contributed by atoms with E-state index in [0.29, 0.717) is 6.54 Å². The van der Waals surface area contributed by atoms with Gasteiger partial charge >= 0.3 is 5.97 Å². The topological polar surface area (TPSA) is 53.4 Å². The van der Waals surface area contributed by atoms with E-state index in [4.69, 9.17) is 5.11 Å². The molecule has 0 bridgehead atoms. The van der Waals surface area contributed by atoms with Gasteiger partial charge in [-0.1, -0.05) is 6.07 Å². The summed E-state index contributed by atoms with van der Waals surface area (Å²) in [6.45, 7) is 0.823. The highest BCUT2D eigenvalue weighted by Gasteiger charge is 2.18. The van der Waals surface area contributed by atoms with Gasteiger partial charge in [0.1, 0.15) is 0 Å². The minimum atomic E-state index is -0.775. The number of aliphatic carboxylic acids is 1. The molecule has 0 amide bonds. The summed E-state index contributed by atoms with van der Waals surface area (Å²) in [5.41, 5.74) is 1.06. The van der Waals surface area contributed by atoms with Gasteiger partial charge in [-0.25, -0.2) is 0 Å². The molecule has 1 saturated heterocycles. The van der Waals surface area contributed by atoms with Gasteiger partial charge in [-0.3, -0.25) is 14.7 Å². The Kier molecular flexibility index (Phi) is 3.58. The van der Waals surface area contributed by atoms with Gasteiger partial charge in [0.15, 0.2) is 0 Å². The van der Waals surface area contributed by atoms with Crippen molar-refractivity contribution in [2.45, 2.75) is 0 Å². The SMILES string of the molecule is O=C(O)CN1CSC(=Cc2cccnc2)C1. The van der Waals surface area contributed by atoms with Crippen LogP contribution in [0, 0.1) is 0 Å². The Morgan fingerprint density at radius 2 is 2.56 bits per heavy atom. The van der Waals surface area contributed by atoms with E-state index in [0.717, 1.165) is 11.4 Å². The highest BCUT2D eigenvalue weighted by Crippen LogP contribution is 2.27. The molecule has 1 aliphatic rings. The van der Waals surface area contributed by atoms with Crippen LogP contribution in [0.1, 0.15) is 5.56 Å². The Balaban J connectivity index is 1.98. The lowest BCUT2D eigenvalue weighted by Gasteiger charge is -2.08. The van der Waals surface area contributed by atoms with Gasteiger partial charge in [-0.05, 0) is 17.7 Å². The molecule has 0 atom stereocenters. The first-order chi connectivity index (χ1) is 7.74. The smallest absolute Gasteiger partial charge is 0.317 e. The second kappa shape index (κ2) is 5.14. The molecule has 0 aromatic carbocycles. The Hall–Kier alpha value is -1.33. The van der Waals surface area contributed by atoms with E-state index in [1.807, 2.05) is 17.0 Å². The highest BCUT2D eigenvalue weighted by atomic mass is 32.2. The lowest BCUT2D eigenvalue weighted by atomic mass is 10.2. The second-order valence-corrected chi connectivity index (χ2v) is 4.62. The van der Waals surface area contributed by atoms with Crippen molar-refractivity contribution in [3.8, 4) is 0 Å². The zero-order chi connectivity index (χ0) is 11.4. The van der Waals surface area contributed by atoms with Crippen LogP contribution in [-0.4, -0.2) is 39.9 Å². The first kappa shape index (κ1) is 11.2. The Morgan fingerprint density at radius 3 is 3.25 bits per heavy atom. The normalized spacial score (nSPS) is 19.1. The summed E-state index contributed by atoms with van der Waals surface area (Å²) in [5.74, 6) is -0.0264. The number of carboxylic acids is 1. The monoisotopic (exact) mass is 236 g/mol. The van der Waals surface area contributed by atoms with Gasteiger partial charge < -0.3 is 5.11 Å². The third-order valence-corrected chi connectivity index (χ3v) is 3.29. The third kappa shape index (κ3) is 3.08. The lowest BCUT2D eigenvalue weighted by Crippen LogP contribution is -2.26. The molecular weight excluding hydrogens is 224 g/mol. The van der Waals surface area contributed by atoms with Crippen LogP contribution < -0.4 is 0 Å². The molecule has 1 fully saturated rings. The highest BCUT2D eigenvalue weighted by molar-refractivity contribution is 8.03. The number of carbonyl (C=O) groups is 1. The number of hydrogen-bond acceptors (Lipinski definition) is 4. The van der Waals surface area contributed by atoms with Gasteiger partial charge in [0.2, 0.25) is 0 Å². The van der Waals surface area contributed by atoms with Crippen molar-refractivity contribution in [3.63, 3.8) is 0 Å². The van der Waals surface area contributed by atoms with Gasteiger partial charge in [0, 0.05) is 29.7 Å². The van der Waals surface area contributed by atoms with Crippen LogP contribution in [-0.2, 0) is 4.79 Å². The lowest BCUT2D eigenvalue weighted by molar-refractivity contribution is -0.137. The summed E-state index contributed by atoms with van der Waals surface area (Å²) >= 11 is 1.68. The predicted octanol–water partition coefficient (Wildman–Crippen LogP) is 1.51. The fraction of sp³-hybridized carbons (Fsp3) is 0.273. The van der Waals surface area contributed by atoms with Crippen LogP contribution >= 0.6 is 11.8 Å². The van der Waals surface area contributed by atoms with Crippen molar-refractivity contribution >= 4 is 23.8 Å². The Morgan fingerprint density at radius 1 is 1.69 bits per heavy atom. The van der Waals surface area contributed by atoms with Crippen LogP contribution in [0.2, 0.25) is 0 Å². The number of carboxylic acid groups (broad SMARTS) is 1. The van der Waals surface area contributed by atoms with Crippen LogP contribution in [0.25, 0.3) is 6.08 Å². The molecule has 1 N–H and O–H groups in total. The zero-order valence-corrected chi connectivity index (χ0v) is 9.48. The predicted molar refractivity (Wildman–Crippen MR) is 63.9 cm³/mol. The number of nitrogens with zero attached hydrogens (tertiary/aromatic N) is 2. The van der Waals surface area contributed by atoms with Gasteiger partial charge in [-0.2, -0.15) is 0 Å². The summed E-state index contributed by atoms with van der Waals surface area (Å²) in [7, 11) is 0. The van der Waals surface area contributed by atoms with E-state index in [9.17, 15) is 4.79 Å². The third-order valence-electron chi connectivity index (χ3n) is 2.18. The van der Waals surface area contributed by atoms with E-state index in [-0.39, 0.29) is 6.54 Å². The van der Waals surface area contributed by atoms with Gasteiger partial charge in [-0.15, -0.1) is 11.8 Å². The second-order valence-electron chi connectivity index (χ2n) is 3.55. The molecule has 0 unspecified atom stereocenters. The molecule has 2 rings (SSSR count). The molecule has 5 heteroatoms. The fourth-order valence-electron chi connectivity index (χ4n) is 1.51. The van der Waals surface area contributed by atoms with Gasteiger partial charge in [0.05, 0.1) is 6.54 Å². The molecule has 0 spiro atoms.